The molecule has 1 heterocycles. The van der Waals surface area contributed by atoms with Crippen molar-refractivity contribution in [1.29, 1.82) is 0 Å². The van der Waals surface area contributed by atoms with Crippen LogP contribution in [0, 0.1) is 19.3 Å². The van der Waals surface area contributed by atoms with Crippen LogP contribution in [0.25, 0.3) is 0 Å². The molecule has 1 heteroatoms. The standard InChI is InChI=1S/C20H23N/c1-14-10-15(2)12-17(11-14)18-13-20(3,4)19(21-18)16-8-6-5-7-9-16/h5-12,19H,13H2,1-4H3. The van der Waals surface area contributed by atoms with Crippen molar-refractivity contribution < 1.29 is 0 Å². The summed E-state index contributed by atoms with van der Waals surface area (Å²) in [5, 5.41) is 0. The van der Waals surface area contributed by atoms with Gasteiger partial charge in [-0.2, -0.15) is 0 Å². The molecule has 1 unspecified atom stereocenters. The molecule has 0 bridgehead atoms. The van der Waals surface area contributed by atoms with E-state index in [4.69, 9.17) is 4.99 Å². The highest BCUT2D eigenvalue weighted by molar-refractivity contribution is 6.02. The number of aliphatic imine (C=N–C) groups is 1. The second-order valence-electron chi connectivity index (χ2n) is 6.93. The summed E-state index contributed by atoms with van der Waals surface area (Å²) in [5.74, 6) is 0. The van der Waals surface area contributed by atoms with Crippen LogP contribution in [0.4, 0.5) is 0 Å². The Morgan fingerprint density at radius 3 is 2.19 bits per heavy atom. The minimum atomic E-state index is 0.175. The van der Waals surface area contributed by atoms with Gasteiger partial charge in [-0.1, -0.05) is 73.5 Å². The molecular formula is C20H23N. The van der Waals surface area contributed by atoms with Gasteiger partial charge in [0.15, 0.2) is 0 Å². The third-order valence-electron chi connectivity index (χ3n) is 4.32. The molecule has 0 aliphatic carbocycles. The average Bonchev–Trinajstić information content (AvgIpc) is 2.74. The van der Waals surface area contributed by atoms with E-state index in [9.17, 15) is 0 Å². The van der Waals surface area contributed by atoms with Crippen LogP contribution in [-0.2, 0) is 0 Å². The maximum absolute atomic E-state index is 5.08. The van der Waals surface area contributed by atoms with Crippen LogP contribution in [0.15, 0.2) is 53.5 Å². The second kappa shape index (κ2) is 5.14. The summed E-state index contributed by atoms with van der Waals surface area (Å²) in [6.45, 7) is 8.96. The van der Waals surface area contributed by atoms with Gasteiger partial charge in [-0.3, -0.25) is 4.99 Å². The first-order chi connectivity index (χ1) is 9.95. The molecule has 0 N–H and O–H groups in total. The number of hydrogen-bond donors (Lipinski definition) is 0. The fourth-order valence-corrected chi connectivity index (χ4v) is 3.38. The fourth-order valence-electron chi connectivity index (χ4n) is 3.38. The average molecular weight is 277 g/mol. The Hall–Kier alpha value is -1.89. The summed E-state index contributed by atoms with van der Waals surface area (Å²) in [7, 11) is 0. The van der Waals surface area contributed by atoms with E-state index in [1.807, 2.05) is 0 Å². The lowest BCUT2D eigenvalue weighted by Gasteiger charge is -2.25. The van der Waals surface area contributed by atoms with Crippen molar-refractivity contribution in [2.24, 2.45) is 10.4 Å². The Bertz CT molecular complexity index is 660. The number of aryl methyl sites for hydroxylation is 2. The third-order valence-corrected chi connectivity index (χ3v) is 4.32. The maximum atomic E-state index is 5.08. The largest absolute Gasteiger partial charge is 0.280 e. The lowest BCUT2D eigenvalue weighted by Crippen LogP contribution is -2.17. The Balaban J connectivity index is 2.02. The van der Waals surface area contributed by atoms with Crippen molar-refractivity contribution in [3.63, 3.8) is 0 Å². The number of rotatable bonds is 2. The van der Waals surface area contributed by atoms with Crippen molar-refractivity contribution in [2.75, 3.05) is 0 Å². The quantitative estimate of drug-likeness (QED) is 0.709. The summed E-state index contributed by atoms with van der Waals surface area (Å²) in [6.07, 6.45) is 1.04. The third kappa shape index (κ3) is 2.78. The first-order valence-corrected chi connectivity index (χ1v) is 7.66. The lowest BCUT2D eigenvalue weighted by molar-refractivity contribution is 0.330. The molecule has 2 aromatic carbocycles. The van der Waals surface area contributed by atoms with Crippen LogP contribution < -0.4 is 0 Å². The van der Waals surface area contributed by atoms with Gasteiger partial charge < -0.3 is 0 Å². The monoisotopic (exact) mass is 277 g/mol. The zero-order chi connectivity index (χ0) is 15.0. The van der Waals surface area contributed by atoms with E-state index in [-0.39, 0.29) is 11.5 Å². The van der Waals surface area contributed by atoms with E-state index in [0.717, 1.165) is 6.42 Å². The lowest BCUT2D eigenvalue weighted by atomic mass is 9.79. The summed E-state index contributed by atoms with van der Waals surface area (Å²) >= 11 is 0. The van der Waals surface area contributed by atoms with Crippen LogP contribution in [-0.4, -0.2) is 5.71 Å². The van der Waals surface area contributed by atoms with Crippen molar-refractivity contribution in [2.45, 2.75) is 40.2 Å². The topological polar surface area (TPSA) is 12.4 Å². The van der Waals surface area contributed by atoms with Gasteiger partial charge in [-0.25, -0.2) is 0 Å². The van der Waals surface area contributed by atoms with Crippen molar-refractivity contribution in [3.8, 4) is 0 Å². The van der Waals surface area contributed by atoms with Crippen molar-refractivity contribution in [3.05, 3.63) is 70.8 Å². The van der Waals surface area contributed by atoms with Crippen molar-refractivity contribution >= 4 is 5.71 Å². The van der Waals surface area contributed by atoms with Crippen LogP contribution in [0.2, 0.25) is 0 Å². The maximum Gasteiger partial charge on any atom is 0.0807 e. The van der Waals surface area contributed by atoms with Gasteiger partial charge in [0.05, 0.1) is 6.04 Å². The summed E-state index contributed by atoms with van der Waals surface area (Å²) in [5.41, 5.74) is 6.66. The molecule has 1 aliphatic rings. The Morgan fingerprint density at radius 2 is 1.57 bits per heavy atom. The highest BCUT2D eigenvalue weighted by Crippen LogP contribution is 2.45. The smallest absolute Gasteiger partial charge is 0.0807 e. The van der Waals surface area contributed by atoms with Gasteiger partial charge in [0.2, 0.25) is 0 Å². The molecule has 1 nitrogen and oxygen atoms in total. The van der Waals surface area contributed by atoms with Crippen LogP contribution in [0.1, 0.15) is 48.6 Å². The predicted octanol–water partition coefficient (Wildman–Crippen LogP) is 5.26. The summed E-state index contributed by atoms with van der Waals surface area (Å²) < 4.78 is 0. The molecule has 1 aliphatic heterocycles. The predicted molar refractivity (Wildman–Crippen MR) is 90.0 cm³/mol. The van der Waals surface area contributed by atoms with Crippen molar-refractivity contribution in [1.82, 2.24) is 0 Å². The molecule has 0 saturated heterocycles. The highest BCUT2D eigenvalue weighted by Gasteiger charge is 2.37. The van der Waals surface area contributed by atoms with Crippen LogP contribution in [0.5, 0.6) is 0 Å². The fraction of sp³-hybridized carbons (Fsp3) is 0.350. The molecule has 0 saturated carbocycles. The Morgan fingerprint density at radius 1 is 0.952 bits per heavy atom. The molecule has 0 radical (unpaired) electrons. The minimum Gasteiger partial charge on any atom is -0.280 e. The van der Waals surface area contributed by atoms with E-state index in [1.165, 1.54) is 28.0 Å². The van der Waals surface area contributed by atoms with E-state index in [2.05, 4.69) is 76.2 Å². The van der Waals surface area contributed by atoms with Gasteiger partial charge >= 0.3 is 0 Å². The minimum absolute atomic E-state index is 0.175. The first-order valence-electron chi connectivity index (χ1n) is 7.66. The molecule has 3 rings (SSSR count). The highest BCUT2D eigenvalue weighted by atomic mass is 14.9. The van der Waals surface area contributed by atoms with Gasteiger partial charge in [0.1, 0.15) is 0 Å². The summed E-state index contributed by atoms with van der Waals surface area (Å²) in [6, 6.07) is 17.7. The van der Waals surface area contributed by atoms with Crippen LogP contribution in [0.3, 0.4) is 0 Å². The number of hydrogen-bond acceptors (Lipinski definition) is 1. The van der Waals surface area contributed by atoms with Crippen LogP contribution >= 0.6 is 0 Å². The molecule has 0 amide bonds. The SMILES string of the molecule is Cc1cc(C)cc(C2=NC(c3ccccc3)C(C)(C)C2)c1. The molecule has 2 aromatic rings. The first kappa shape index (κ1) is 14.1. The van der Waals surface area contributed by atoms with E-state index in [0.29, 0.717) is 0 Å². The molecular weight excluding hydrogens is 254 g/mol. The molecule has 108 valence electrons. The number of nitrogens with zero attached hydrogens (tertiary/aromatic N) is 1. The van der Waals surface area contributed by atoms with E-state index in [1.54, 1.807) is 0 Å². The van der Waals surface area contributed by atoms with Gasteiger partial charge in [0, 0.05) is 5.71 Å². The second-order valence-corrected chi connectivity index (χ2v) is 6.93. The summed E-state index contributed by atoms with van der Waals surface area (Å²) in [4.78, 5) is 5.08. The normalized spacial score (nSPS) is 20.4. The zero-order valence-corrected chi connectivity index (χ0v) is 13.4. The Labute approximate surface area is 127 Å². The molecule has 0 aromatic heterocycles. The van der Waals surface area contributed by atoms with E-state index < -0.39 is 0 Å². The van der Waals surface area contributed by atoms with Gasteiger partial charge in [-0.05, 0) is 36.8 Å². The molecule has 21 heavy (non-hydrogen) atoms. The number of benzene rings is 2. The zero-order valence-electron chi connectivity index (χ0n) is 13.4. The molecule has 0 fully saturated rings. The van der Waals surface area contributed by atoms with Gasteiger partial charge in [0.25, 0.3) is 0 Å². The molecule has 1 atom stereocenters. The Kier molecular flexibility index (Phi) is 3.44. The van der Waals surface area contributed by atoms with Gasteiger partial charge in [-0.15, -0.1) is 0 Å². The molecule has 0 spiro atoms. The van der Waals surface area contributed by atoms with E-state index >= 15 is 0 Å².